The first-order chi connectivity index (χ1) is 13.6. The Balaban J connectivity index is 2.50. The highest BCUT2D eigenvalue weighted by Gasteiger charge is 2.28. The molecule has 3 N–H and O–H groups in total. The Bertz CT molecular complexity index is 1160. The van der Waals surface area contributed by atoms with Gasteiger partial charge in [0.05, 0.1) is 28.2 Å². The molecule has 0 heterocycles. The molecular formula is C18H22F3N3O4S2. The van der Waals surface area contributed by atoms with Crippen LogP contribution in [-0.2, 0) is 20.0 Å². The van der Waals surface area contributed by atoms with Crippen molar-refractivity contribution in [3.05, 3.63) is 47.0 Å². The van der Waals surface area contributed by atoms with Crippen LogP contribution in [0.5, 0.6) is 0 Å². The molecule has 30 heavy (non-hydrogen) atoms. The van der Waals surface area contributed by atoms with E-state index in [4.69, 9.17) is 0 Å². The van der Waals surface area contributed by atoms with E-state index in [0.29, 0.717) is 11.1 Å². The SMILES string of the molecule is Cc1cc(C)c(S(=O)(=O)Nc2ccccc2NCC(F)(F)F)c(C)c1NS(C)(=O)=O. The highest BCUT2D eigenvalue weighted by Crippen LogP contribution is 2.33. The minimum Gasteiger partial charge on any atom is -0.375 e. The zero-order valence-corrected chi connectivity index (χ0v) is 18.3. The fraction of sp³-hybridized carbons (Fsp3) is 0.333. The number of aryl methyl sites for hydroxylation is 2. The average Bonchev–Trinajstić information content (AvgIpc) is 2.55. The second-order valence-electron chi connectivity index (χ2n) is 6.83. The predicted molar refractivity (Wildman–Crippen MR) is 111 cm³/mol. The lowest BCUT2D eigenvalue weighted by atomic mass is 10.1. The highest BCUT2D eigenvalue weighted by atomic mass is 32.2. The molecule has 0 aliphatic rings. The van der Waals surface area contributed by atoms with Crippen LogP contribution in [0.4, 0.5) is 30.2 Å². The van der Waals surface area contributed by atoms with Crippen molar-refractivity contribution < 1.29 is 30.0 Å². The number of hydrogen-bond donors (Lipinski definition) is 3. The van der Waals surface area contributed by atoms with Gasteiger partial charge in [-0.15, -0.1) is 0 Å². The first-order valence-electron chi connectivity index (χ1n) is 8.62. The molecule has 12 heteroatoms. The number of rotatable bonds is 7. The van der Waals surface area contributed by atoms with Gasteiger partial charge in [0.2, 0.25) is 10.0 Å². The summed E-state index contributed by atoms with van der Waals surface area (Å²) in [5.41, 5.74) is 1.08. The Hall–Kier alpha value is -2.47. The van der Waals surface area contributed by atoms with Crippen LogP contribution in [0.2, 0.25) is 0 Å². The number of para-hydroxylation sites is 2. The minimum atomic E-state index is -4.48. The molecule has 0 aliphatic heterocycles. The maximum absolute atomic E-state index is 13.1. The summed E-state index contributed by atoms with van der Waals surface area (Å²) < 4.78 is 91.7. The molecule has 0 atom stereocenters. The Morgan fingerprint density at radius 3 is 2.00 bits per heavy atom. The van der Waals surface area contributed by atoms with Gasteiger partial charge in [-0.3, -0.25) is 9.44 Å². The smallest absolute Gasteiger partial charge is 0.375 e. The molecule has 0 aromatic heterocycles. The van der Waals surface area contributed by atoms with E-state index in [0.717, 1.165) is 6.26 Å². The largest absolute Gasteiger partial charge is 0.405 e. The lowest BCUT2D eigenvalue weighted by Gasteiger charge is -2.20. The van der Waals surface area contributed by atoms with E-state index in [9.17, 15) is 30.0 Å². The summed E-state index contributed by atoms with van der Waals surface area (Å²) in [5, 5.41) is 2.16. The number of sulfonamides is 2. The molecule has 2 aromatic rings. The molecule has 0 fully saturated rings. The second-order valence-corrected chi connectivity index (χ2v) is 10.2. The molecule has 0 saturated carbocycles. The van der Waals surface area contributed by atoms with Crippen molar-refractivity contribution in [1.29, 1.82) is 0 Å². The maximum Gasteiger partial charge on any atom is 0.405 e. The monoisotopic (exact) mass is 465 g/mol. The van der Waals surface area contributed by atoms with Gasteiger partial charge in [0.1, 0.15) is 6.54 Å². The quantitative estimate of drug-likeness (QED) is 0.578. The van der Waals surface area contributed by atoms with Crippen LogP contribution in [0.3, 0.4) is 0 Å². The number of nitrogens with one attached hydrogen (secondary N) is 3. The van der Waals surface area contributed by atoms with Gasteiger partial charge in [-0.2, -0.15) is 13.2 Å². The molecule has 2 aromatic carbocycles. The summed E-state index contributed by atoms with van der Waals surface area (Å²) in [6.07, 6.45) is -3.54. The summed E-state index contributed by atoms with van der Waals surface area (Å²) >= 11 is 0. The highest BCUT2D eigenvalue weighted by molar-refractivity contribution is 7.93. The van der Waals surface area contributed by atoms with Crippen LogP contribution in [0.15, 0.2) is 35.2 Å². The lowest BCUT2D eigenvalue weighted by molar-refractivity contribution is -0.115. The maximum atomic E-state index is 13.1. The van der Waals surface area contributed by atoms with Crippen LogP contribution < -0.4 is 14.8 Å². The second kappa shape index (κ2) is 8.34. The topological polar surface area (TPSA) is 104 Å². The standard InChI is InChI=1S/C18H22F3N3O4S2/c1-11-9-12(2)17(13(3)16(11)24-29(4,25)26)30(27,28)23-15-8-6-5-7-14(15)22-10-18(19,20)21/h5-9,22-24H,10H2,1-4H3. The summed E-state index contributed by atoms with van der Waals surface area (Å²) in [7, 11) is -7.92. The van der Waals surface area contributed by atoms with E-state index < -0.39 is 32.8 Å². The number of benzene rings is 2. The van der Waals surface area contributed by atoms with Gasteiger partial charge in [-0.25, -0.2) is 16.8 Å². The Kier molecular flexibility index (Phi) is 6.62. The Labute approximate surface area is 173 Å². The van der Waals surface area contributed by atoms with Gasteiger partial charge >= 0.3 is 6.18 Å². The molecule has 0 amide bonds. The van der Waals surface area contributed by atoms with Gasteiger partial charge in [-0.05, 0) is 49.6 Å². The molecule has 2 rings (SSSR count). The number of hydrogen-bond acceptors (Lipinski definition) is 5. The third-order valence-corrected chi connectivity index (χ3v) is 6.34. The third-order valence-electron chi connectivity index (χ3n) is 4.11. The fourth-order valence-corrected chi connectivity index (χ4v) is 5.28. The molecule has 0 aliphatic carbocycles. The van der Waals surface area contributed by atoms with Crippen LogP contribution in [-0.4, -0.2) is 35.8 Å². The summed E-state index contributed by atoms with van der Waals surface area (Å²) in [6, 6.07) is 7.10. The summed E-state index contributed by atoms with van der Waals surface area (Å²) in [6.45, 7) is 3.30. The van der Waals surface area contributed by atoms with Gasteiger partial charge in [0.15, 0.2) is 0 Å². The van der Waals surface area contributed by atoms with Crippen molar-refractivity contribution in [2.45, 2.75) is 31.8 Å². The molecule has 7 nitrogen and oxygen atoms in total. The Morgan fingerprint density at radius 2 is 1.47 bits per heavy atom. The van der Waals surface area contributed by atoms with Crippen LogP contribution >= 0.6 is 0 Å². The summed E-state index contributed by atoms with van der Waals surface area (Å²) in [5.74, 6) is 0. The first kappa shape index (κ1) is 23.8. The lowest BCUT2D eigenvalue weighted by Crippen LogP contribution is -2.23. The van der Waals surface area contributed by atoms with Crippen molar-refractivity contribution in [1.82, 2.24) is 0 Å². The van der Waals surface area contributed by atoms with Gasteiger partial charge < -0.3 is 5.32 Å². The summed E-state index contributed by atoms with van der Waals surface area (Å²) in [4.78, 5) is -0.162. The van der Waals surface area contributed by atoms with E-state index in [2.05, 4.69) is 14.8 Å². The van der Waals surface area contributed by atoms with Gasteiger partial charge in [0, 0.05) is 0 Å². The number of alkyl halides is 3. The van der Waals surface area contributed by atoms with Crippen LogP contribution in [0, 0.1) is 20.8 Å². The number of anilines is 3. The molecule has 0 bridgehead atoms. The average molecular weight is 466 g/mol. The minimum absolute atomic E-state index is 0.0460. The molecular weight excluding hydrogens is 443 g/mol. The molecule has 0 radical (unpaired) electrons. The normalized spacial score (nSPS) is 12.5. The van der Waals surface area contributed by atoms with E-state index in [-0.39, 0.29) is 27.5 Å². The van der Waals surface area contributed by atoms with Crippen molar-refractivity contribution in [3.63, 3.8) is 0 Å². The molecule has 0 spiro atoms. The fourth-order valence-electron chi connectivity index (χ4n) is 3.04. The van der Waals surface area contributed by atoms with Gasteiger partial charge in [-0.1, -0.05) is 18.2 Å². The molecule has 166 valence electrons. The van der Waals surface area contributed by atoms with E-state index >= 15 is 0 Å². The van der Waals surface area contributed by atoms with E-state index in [1.165, 1.54) is 37.3 Å². The zero-order valence-electron chi connectivity index (χ0n) is 16.7. The predicted octanol–water partition coefficient (Wildman–Crippen LogP) is 3.76. The zero-order chi connectivity index (χ0) is 22.9. The van der Waals surface area contributed by atoms with Crippen molar-refractivity contribution in [2.24, 2.45) is 0 Å². The van der Waals surface area contributed by atoms with Gasteiger partial charge in [0.25, 0.3) is 10.0 Å². The molecule has 0 saturated heterocycles. The van der Waals surface area contributed by atoms with E-state index in [1.54, 1.807) is 13.8 Å². The Morgan fingerprint density at radius 1 is 0.900 bits per heavy atom. The van der Waals surface area contributed by atoms with Crippen molar-refractivity contribution >= 4 is 37.1 Å². The van der Waals surface area contributed by atoms with E-state index in [1.807, 2.05) is 0 Å². The molecule has 0 unspecified atom stereocenters. The van der Waals surface area contributed by atoms with Crippen LogP contribution in [0.1, 0.15) is 16.7 Å². The van der Waals surface area contributed by atoms with Crippen molar-refractivity contribution in [2.75, 3.05) is 27.6 Å². The third kappa shape index (κ3) is 6.02. The first-order valence-corrected chi connectivity index (χ1v) is 12.0. The van der Waals surface area contributed by atoms with Crippen LogP contribution in [0.25, 0.3) is 0 Å². The van der Waals surface area contributed by atoms with Crippen molar-refractivity contribution in [3.8, 4) is 0 Å². The number of halogens is 3.